The van der Waals surface area contributed by atoms with Crippen LogP contribution in [-0.4, -0.2) is 39.1 Å². The fraction of sp³-hybridized carbons (Fsp3) is 0.211. The van der Waals surface area contributed by atoms with Crippen LogP contribution >= 0.6 is 0 Å². The van der Waals surface area contributed by atoms with Gasteiger partial charge in [-0.05, 0) is 30.7 Å². The smallest absolute Gasteiger partial charge is 0.382 e. The van der Waals surface area contributed by atoms with Gasteiger partial charge in [-0.3, -0.25) is 15.2 Å². The van der Waals surface area contributed by atoms with E-state index < -0.39 is 17.8 Å². The quantitative estimate of drug-likeness (QED) is 0.661. The average Bonchev–Trinajstić information content (AvgIpc) is 2.96. The lowest BCUT2D eigenvalue weighted by Crippen LogP contribution is -2.36. The molecular weight excluding hydrogens is 399 g/mol. The standard InChI is InChI=1S/C19H16F3N7O/c20-19(21,22)13-8-12(9-24-10-13)14-2-3-15-17(27-14)29(7-1-5-25-15)18(30)28-16-4-6-23-11-26-16/h2-4,6,8-11,25H,1,5,7H2,(H,23,26,28,30). The number of fused-ring (bicyclic) bond motifs is 1. The average molecular weight is 415 g/mol. The zero-order chi connectivity index (χ0) is 21.1. The fourth-order valence-electron chi connectivity index (χ4n) is 2.99. The molecule has 2 N–H and O–H groups in total. The van der Waals surface area contributed by atoms with Crippen LogP contribution in [0, 0.1) is 0 Å². The van der Waals surface area contributed by atoms with E-state index in [0.717, 1.165) is 12.3 Å². The minimum Gasteiger partial charge on any atom is -0.382 e. The topological polar surface area (TPSA) is 95.9 Å². The van der Waals surface area contributed by atoms with Gasteiger partial charge < -0.3 is 5.32 Å². The molecule has 11 heteroatoms. The van der Waals surface area contributed by atoms with Crippen molar-refractivity contribution in [3.8, 4) is 11.3 Å². The molecule has 4 heterocycles. The number of nitrogens with one attached hydrogen (secondary N) is 2. The Morgan fingerprint density at radius 2 is 2.03 bits per heavy atom. The first kappa shape index (κ1) is 19.6. The molecule has 0 bridgehead atoms. The first-order valence-corrected chi connectivity index (χ1v) is 9.04. The third-order valence-corrected chi connectivity index (χ3v) is 4.43. The van der Waals surface area contributed by atoms with Crippen LogP contribution in [0.4, 0.5) is 35.3 Å². The molecule has 0 radical (unpaired) electrons. The van der Waals surface area contributed by atoms with E-state index in [1.54, 1.807) is 18.2 Å². The van der Waals surface area contributed by atoms with Crippen LogP contribution in [0.5, 0.6) is 0 Å². The van der Waals surface area contributed by atoms with E-state index >= 15 is 0 Å². The minimum absolute atomic E-state index is 0.202. The minimum atomic E-state index is -4.51. The van der Waals surface area contributed by atoms with Crippen molar-refractivity contribution < 1.29 is 18.0 Å². The summed E-state index contributed by atoms with van der Waals surface area (Å²) in [5.74, 6) is 0.640. The lowest BCUT2D eigenvalue weighted by atomic mass is 10.1. The summed E-state index contributed by atoms with van der Waals surface area (Å²) in [6, 6.07) is 5.36. The molecule has 2 amide bonds. The van der Waals surface area contributed by atoms with Crippen molar-refractivity contribution in [2.24, 2.45) is 0 Å². The van der Waals surface area contributed by atoms with E-state index in [4.69, 9.17) is 0 Å². The summed E-state index contributed by atoms with van der Waals surface area (Å²) in [5, 5.41) is 5.86. The Hall–Kier alpha value is -3.76. The second kappa shape index (κ2) is 7.93. The summed E-state index contributed by atoms with van der Waals surface area (Å²) < 4.78 is 39.1. The van der Waals surface area contributed by atoms with E-state index in [1.165, 1.54) is 23.6 Å². The number of urea groups is 1. The molecule has 8 nitrogen and oxygen atoms in total. The highest BCUT2D eigenvalue weighted by molar-refractivity contribution is 6.02. The van der Waals surface area contributed by atoms with Gasteiger partial charge in [0.25, 0.3) is 0 Å². The van der Waals surface area contributed by atoms with E-state index in [-0.39, 0.29) is 11.3 Å². The maximum Gasteiger partial charge on any atom is 0.417 e. The number of carbonyl (C=O) groups is 1. The van der Waals surface area contributed by atoms with E-state index in [0.29, 0.717) is 36.8 Å². The SMILES string of the molecule is O=C(Nc1ccncn1)N1CCCNc2ccc(-c3cncc(C(F)(F)F)c3)nc21. The van der Waals surface area contributed by atoms with Crippen LogP contribution in [0.25, 0.3) is 11.3 Å². The molecule has 3 aromatic heterocycles. The van der Waals surface area contributed by atoms with Gasteiger partial charge in [-0.2, -0.15) is 13.2 Å². The largest absolute Gasteiger partial charge is 0.417 e. The van der Waals surface area contributed by atoms with Gasteiger partial charge in [0.05, 0.1) is 16.9 Å². The number of halogens is 3. The third kappa shape index (κ3) is 4.14. The molecule has 0 unspecified atom stereocenters. The molecule has 1 aliphatic heterocycles. The molecule has 0 spiro atoms. The van der Waals surface area contributed by atoms with Gasteiger partial charge in [-0.25, -0.2) is 19.7 Å². The number of hydrogen-bond donors (Lipinski definition) is 2. The third-order valence-electron chi connectivity index (χ3n) is 4.43. The van der Waals surface area contributed by atoms with Gasteiger partial charge in [-0.1, -0.05) is 0 Å². The van der Waals surface area contributed by atoms with Crippen LogP contribution in [0.15, 0.2) is 49.2 Å². The van der Waals surface area contributed by atoms with Gasteiger partial charge in [-0.15, -0.1) is 0 Å². The molecular formula is C19H16F3N7O. The number of aromatic nitrogens is 4. The maximum atomic E-state index is 13.0. The summed E-state index contributed by atoms with van der Waals surface area (Å²) in [4.78, 5) is 30.2. The Morgan fingerprint density at radius 1 is 1.17 bits per heavy atom. The van der Waals surface area contributed by atoms with Crippen molar-refractivity contribution in [3.05, 3.63) is 54.7 Å². The number of rotatable bonds is 2. The lowest BCUT2D eigenvalue weighted by Gasteiger charge is -2.22. The number of nitrogens with zero attached hydrogens (tertiary/aromatic N) is 5. The second-order valence-electron chi connectivity index (χ2n) is 6.48. The Bertz CT molecular complexity index is 1060. The van der Waals surface area contributed by atoms with E-state index in [1.807, 2.05) is 0 Å². The number of anilines is 3. The van der Waals surface area contributed by atoms with Crippen molar-refractivity contribution in [3.63, 3.8) is 0 Å². The normalized spacial score (nSPS) is 13.8. The molecule has 0 atom stereocenters. The summed E-state index contributed by atoms with van der Waals surface area (Å²) in [7, 11) is 0. The molecule has 0 saturated heterocycles. The van der Waals surface area contributed by atoms with Crippen molar-refractivity contribution >= 4 is 23.4 Å². The highest BCUT2D eigenvalue weighted by Crippen LogP contribution is 2.33. The molecule has 0 fully saturated rings. The molecule has 0 saturated carbocycles. The van der Waals surface area contributed by atoms with E-state index in [9.17, 15) is 18.0 Å². The molecule has 30 heavy (non-hydrogen) atoms. The van der Waals surface area contributed by atoms with Crippen LogP contribution in [-0.2, 0) is 6.18 Å². The highest BCUT2D eigenvalue weighted by Gasteiger charge is 2.31. The second-order valence-corrected chi connectivity index (χ2v) is 6.48. The van der Waals surface area contributed by atoms with Gasteiger partial charge in [0.2, 0.25) is 0 Å². The first-order chi connectivity index (χ1) is 14.4. The van der Waals surface area contributed by atoms with Crippen molar-refractivity contribution in [2.75, 3.05) is 28.6 Å². The van der Waals surface area contributed by atoms with Crippen LogP contribution in [0.2, 0.25) is 0 Å². The number of hydrogen-bond acceptors (Lipinski definition) is 6. The molecule has 154 valence electrons. The Kier molecular flexibility index (Phi) is 5.17. The summed E-state index contributed by atoms with van der Waals surface area (Å²) >= 11 is 0. The van der Waals surface area contributed by atoms with Crippen LogP contribution < -0.4 is 15.5 Å². The van der Waals surface area contributed by atoms with Gasteiger partial charge in [0.15, 0.2) is 5.82 Å². The molecule has 1 aliphatic rings. The van der Waals surface area contributed by atoms with Crippen molar-refractivity contribution in [1.29, 1.82) is 0 Å². The maximum absolute atomic E-state index is 13.0. The summed E-state index contributed by atoms with van der Waals surface area (Å²) in [5.41, 5.74) is 0.214. The van der Waals surface area contributed by atoms with E-state index in [2.05, 4.69) is 30.6 Å². The first-order valence-electron chi connectivity index (χ1n) is 9.04. The lowest BCUT2D eigenvalue weighted by molar-refractivity contribution is -0.137. The molecule has 0 aromatic carbocycles. The number of pyridine rings is 2. The fourth-order valence-corrected chi connectivity index (χ4v) is 2.99. The van der Waals surface area contributed by atoms with Crippen molar-refractivity contribution in [2.45, 2.75) is 12.6 Å². The molecule has 4 rings (SSSR count). The Balaban J connectivity index is 1.69. The van der Waals surface area contributed by atoms with Crippen molar-refractivity contribution in [1.82, 2.24) is 19.9 Å². The predicted octanol–water partition coefficient (Wildman–Crippen LogP) is 3.81. The Labute approximate surface area is 169 Å². The van der Waals surface area contributed by atoms with Crippen LogP contribution in [0.1, 0.15) is 12.0 Å². The summed E-state index contributed by atoms with van der Waals surface area (Å²) in [6.45, 7) is 0.991. The summed E-state index contributed by atoms with van der Waals surface area (Å²) in [6.07, 6.45) is 1.02. The number of carbonyl (C=O) groups excluding carboxylic acids is 1. The van der Waals surface area contributed by atoms with Crippen LogP contribution in [0.3, 0.4) is 0 Å². The molecule has 3 aromatic rings. The number of amides is 2. The predicted molar refractivity (Wildman–Crippen MR) is 104 cm³/mol. The monoisotopic (exact) mass is 415 g/mol. The van der Waals surface area contributed by atoms with Gasteiger partial charge >= 0.3 is 12.2 Å². The molecule has 0 aliphatic carbocycles. The van der Waals surface area contributed by atoms with Gasteiger partial charge in [0.1, 0.15) is 12.1 Å². The highest BCUT2D eigenvalue weighted by atomic mass is 19.4. The number of alkyl halides is 3. The zero-order valence-corrected chi connectivity index (χ0v) is 15.5. The Morgan fingerprint density at radius 3 is 2.80 bits per heavy atom. The zero-order valence-electron chi connectivity index (χ0n) is 15.5. The van der Waals surface area contributed by atoms with Gasteiger partial charge in [0, 0.05) is 37.2 Å².